The first-order valence-corrected chi connectivity index (χ1v) is 13.6. The molecule has 0 aromatic carbocycles. The summed E-state index contributed by atoms with van der Waals surface area (Å²) in [6.45, 7) is 13.5. The molecule has 0 aromatic rings. The van der Waals surface area contributed by atoms with Crippen molar-refractivity contribution >= 4 is 0 Å². The van der Waals surface area contributed by atoms with E-state index in [0.29, 0.717) is 42.4 Å². The number of hydrogen-bond donors (Lipinski definition) is 2. The van der Waals surface area contributed by atoms with Crippen LogP contribution in [0.25, 0.3) is 0 Å². The molecule has 3 saturated carbocycles. The van der Waals surface area contributed by atoms with E-state index in [9.17, 15) is 19.0 Å². The monoisotopic (exact) mass is 477 g/mol. The zero-order chi connectivity index (χ0) is 24.6. The van der Waals surface area contributed by atoms with Crippen LogP contribution in [0.2, 0.25) is 0 Å². The van der Waals surface area contributed by atoms with Gasteiger partial charge in [0.25, 0.3) is 0 Å². The number of allylic oxidation sites excluding steroid dienone is 3. The third kappa shape index (κ3) is 5.08. The normalized spacial score (nSPS) is 41.4. The van der Waals surface area contributed by atoms with Gasteiger partial charge >= 0.3 is 0 Å². The Bertz CT molecular complexity index is 800. The molecule has 0 radical (unpaired) electrons. The van der Waals surface area contributed by atoms with Crippen molar-refractivity contribution in [3.05, 3.63) is 35.5 Å². The molecule has 3 nitrogen and oxygen atoms in total. The van der Waals surface area contributed by atoms with Gasteiger partial charge in [-0.3, -0.25) is 0 Å². The van der Waals surface area contributed by atoms with Gasteiger partial charge in [0, 0.05) is 18.4 Å². The number of halogens is 2. The van der Waals surface area contributed by atoms with E-state index in [1.54, 1.807) is 0 Å². The molecule has 1 heterocycles. The highest BCUT2D eigenvalue weighted by molar-refractivity contribution is 5.39. The van der Waals surface area contributed by atoms with Gasteiger partial charge in [0.05, 0.1) is 12.2 Å². The predicted molar refractivity (Wildman–Crippen MR) is 134 cm³/mol. The third-order valence-corrected chi connectivity index (χ3v) is 10.1. The lowest BCUT2D eigenvalue weighted by Crippen LogP contribution is -2.42. The molecule has 7 atom stereocenters. The van der Waals surface area contributed by atoms with Crippen molar-refractivity contribution in [1.82, 2.24) is 4.90 Å². The SMILES string of the molecule is C=C1/C(=C\C=C2/CCC[C@]3(C)[C@@H]([C@H](C)CN4CCC(C(F)F)CC4)CC[C@@H]23)CC(O)C(C)C1O. The first kappa shape index (κ1) is 26.0. The number of alkyl halides is 2. The molecule has 0 spiro atoms. The van der Waals surface area contributed by atoms with E-state index in [2.05, 4.69) is 37.5 Å². The second-order valence-corrected chi connectivity index (χ2v) is 12.1. The van der Waals surface area contributed by atoms with Crippen LogP contribution in [0.3, 0.4) is 0 Å². The average Bonchev–Trinajstić information content (AvgIpc) is 3.17. The number of aliphatic hydroxyl groups is 2. The number of hydrogen-bond acceptors (Lipinski definition) is 3. The van der Waals surface area contributed by atoms with Gasteiger partial charge in [0.1, 0.15) is 0 Å². The van der Waals surface area contributed by atoms with Gasteiger partial charge in [-0.2, -0.15) is 0 Å². The summed E-state index contributed by atoms with van der Waals surface area (Å²) < 4.78 is 26.1. The first-order valence-electron chi connectivity index (χ1n) is 13.6. The van der Waals surface area contributed by atoms with Crippen molar-refractivity contribution in [2.45, 2.75) is 90.8 Å². The molecule has 1 aliphatic heterocycles. The van der Waals surface area contributed by atoms with Crippen LogP contribution in [0.1, 0.15) is 72.1 Å². The summed E-state index contributed by atoms with van der Waals surface area (Å²) in [5.74, 6) is 1.23. The molecule has 4 aliphatic rings. The molecule has 4 rings (SSSR count). The Morgan fingerprint density at radius 2 is 1.85 bits per heavy atom. The first-order chi connectivity index (χ1) is 16.1. The average molecular weight is 478 g/mol. The Morgan fingerprint density at radius 3 is 2.53 bits per heavy atom. The molecule has 4 fully saturated rings. The summed E-state index contributed by atoms with van der Waals surface area (Å²) in [5.41, 5.74) is 3.54. The van der Waals surface area contributed by atoms with Gasteiger partial charge in [-0.1, -0.05) is 45.1 Å². The number of piperidine rings is 1. The zero-order valence-corrected chi connectivity index (χ0v) is 21.4. The van der Waals surface area contributed by atoms with Gasteiger partial charge in [-0.05, 0) is 98.8 Å². The smallest absolute Gasteiger partial charge is 0.241 e. The Hall–Kier alpha value is -1.04. The molecule has 2 N–H and O–H groups in total. The maximum absolute atomic E-state index is 13.0. The number of aliphatic hydroxyl groups excluding tert-OH is 2. The lowest BCUT2D eigenvalue weighted by atomic mass is 9.61. The van der Waals surface area contributed by atoms with Gasteiger partial charge in [0.15, 0.2) is 0 Å². The summed E-state index contributed by atoms with van der Waals surface area (Å²) >= 11 is 0. The maximum atomic E-state index is 13.0. The largest absolute Gasteiger partial charge is 0.392 e. The minimum Gasteiger partial charge on any atom is -0.392 e. The van der Waals surface area contributed by atoms with E-state index in [1.165, 1.54) is 31.3 Å². The summed E-state index contributed by atoms with van der Waals surface area (Å²) in [6, 6.07) is 0. The van der Waals surface area contributed by atoms with Crippen molar-refractivity contribution in [2.24, 2.45) is 35.0 Å². The van der Waals surface area contributed by atoms with Crippen LogP contribution in [0.15, 0.2) is 35.5 Å². The van der Waals surface area contributed by atoms with Crippen molar-refractivity contribution in [3.63, 3.8) is 0 Å². The third-order valence-electron chi connectivity index (χ3n) is 10.1. The van der Waals surface area contributed by atoms with E-state index in [4.69, 9.17) is 0 Å². The molecule has 3 unspecified atom stereocenters. The molecule has 34 heavy (non-hydrogen) atoms. The van der Waals surface area contributed by atoms with Crippen LogP contribution in [-0.4, -0.2) is 53.4 Å². The Morgan fingerprint density at radius 1 is 1.15 bits per heavy atom. The number of rotatable bonds is 5. The zero-order valence-electron chi connectivity index (χ0n) is 21.4. The van der Waals surface area contributed by atoms with Crippen molar-refractivity contribution in [1.29, 1.82) is 0 Å². The fraction of sp³-hybridized carbons (Fsp3) is 0.793. The number of likely N-dealkylation sites (tertiary alicyclic amines) is 1. The fourth-order valence-corrected chi connectivity index (χ4v) is 7.78. The molecule has 0 amide bonds. The molecule has 5 heteroatoms. The quantitative estimate of drug-likeness (QED) is 0.511. The van der Waals surface area contributed by atoms with Gasteiger partial charge in [-0.15, -0.1) is 0 Å². The van der Waals surface area contributed by atoms with Gasteiger partial charge in [0.2, 0.25) is 6.43 Å². The summed E-state index contributed by atoms with van der Waals surface area (Å²) in [7, 11) is 0. The Balaban J connectivity index is 1.42. The molecule has 0 aromatic heterocycles. The summed E-state index contributed by atoms with van der Waals surface area (Å²) in [6.07, 6.45) is 8.89. The van der Waals surface area contributed by atoms with E-state index in [1.807, 2.05) is 6.92 Å². The topological polar surface area (TPSA) is 43.7 Å². The highest BCUT2D eigenvalue weighted by Crippen LogP contribution is 2.59. The summed E-state index contributed by atoms with van der Waals surface area (Å²) in [5, 5.41) is 20.8. The minimum atomic E-state index is -2.17. The Labute approximate surface area is 205 Å². The highest BCUT2D eigenvalue weighted by atomic mass is 19.3. The molecule has 3 aliphatic carbocycles. The second kappa shape index (κ2) is 10.5. The summed E-state index contributed by atoms with van der Waals surface area (Å²) in [4.78, 5) is 2.43. The van der Waals surface area contributed by atoms with Crippen LogP contribution in [0, 0.1) is 35.0 Å². The lowest BCUT2D eigenvalue weighted by molar-refractivity contribution is 0.0227. The van der Waals surface area contributed by atoms with Gasteiger partial charge < -0.3 is 15.1 Å². The van der Waals surface area contributed by atoms with Crippen LogP contribution in [0.5, 0.6) is 0 Å². The number of nitrogens with zero attached hydrogens (tertiary/aromatic N) is 1. The minimum absolute atomic E-state index is 0.173. The van der Waals surface area contributed by atoms with Crippen LogP contribution < -0.4 is 0 Å². The molecule has 192 valence electrons. The van der Waals surface area contributed by atoms with E-state index in [0.717, 1.165) is 37.2 Å². The van der Waals surface area contributed by atoms with Crippen LogP contribution in [0.4, 0.5) is 8.78 Å². The molecular weight excluding hydrogens is 432 g/mol. The van der Waals surface area contributed by atoms with Crippen molar-refractivity contribution in [2.75, 3.05) is 19.6 Å². The van der Waals surface area contributed by atoms with Crippen LogP contribution in [-0.2, 0) is 0 Å². The molecule has 1 saturated heterocycles. The van der Waals surface area contributed by atoms with E-state index in [-0.39, 0.29) is 5.92 Å². The predicted octanol–water partition coefficient (Wildman–Crippen LogP) is 5.99. The Kier molecular flexibility index (Phi) is 8.06. The maximum Gasteiger partial charge on any atom is 0.241 e. The van der Waals surface area contributed by atoms with E-state index < -0.39 is 24.6 Å². The highest BCUT2D eigenvalue weighted by Gasteiger charge is 2.50. The number of fused-ring (bicyclic) bond motifs is 1. The van der Waals surface area contributed by atoms with Crippen molar-refractivity contribution in [3.8, 4) is 0 Å². The standard InChI is InChI=1S/C29H45F2NO2/c1-18(17-32-14-11-22(12-15-32)28(30)31)24-9-10-25-21(6-5-13-29(24,25)4)7-8-23-16-26(33)20(3)27(34)19(23)2/h7-8,18,20,22,24-28,33-34H,2,5-6,9-17H2,1,3-4H3/b21-7+,23-8-/t18-,20?,24-,25+,26?,27?,29-/m1/s1. The van der Waals surface area contributed by atoms with E-state index >= 15 is 0 Å². The van der Waals surface area contributed by atoms with Gasteiger partial charge in [-0.25, -0.2) is 8.78 Å². The van der Waals surface area contributed by atoms with Crippen LogP contribution >= 0.6 is 0 Å². The second-order valence-electron chi connectivity index (χ2n) is 12.1. The lowest BCUT2D eigenvalue weighted by Gasteiger charge is -2.45. The van der Waals surface area contributed by atoms with Crippen molar-refractivity contribution < 1.29 is 19.0 Å². The fourth-order valence-electron chi connectivity index (χ4n) is 7.78. The molecular formula is C29H45F2NO2. The molecule has 0 bridgehead atoms.